The molecule has 1 N–H and O–H groups in total. The molecule has 1 aromatic carbocycles. The van der Waals surface area contributed by atoms with Crippen LogP contribution in [0.5, 0.6) is 0 Å². The topological polar surface area (TPSA) is 41.6 Å². The van der Waals surface area contributed by atoms with E-state index in [0.717, 1.165) is 18.5 Å². The lowest BCUT2D eigenvalue weighted by Gasteiger charge is -2.34. The number of carbonyl (C=O) groups is 1. The largest absolute Gasteiger partial charge is 0.361 e. The molecule has 0 spiro atoms. The molecule has 0 aliphatic carbocycles. The Morgan fingerprint density at radius 2 is 1.97 bits per heavy atom. The maximum Gasteiger partial charge on any atom is 0.222 e. The van der Waals surface area contributed by atoms with Gasteiger partial charge in [0.2, 0.25) is 5.91 Å². The fourth-order valence-corrected chi connectivity index (χ4v) is 5.48. The third-order valence-electron chi connectivity index (χ3n) is 6.36. The van der Waals surface area contributed by atoms with Crippen LogP contribution < -0.4 is 5.32 Å². The minimum Gasteiger partial charge on any atom is -0.361 e. The summed E-state index contributed by atoms with van der Waals surface area (Å²) in [5.74, 6) is 0.154. The SMILES string of the molecule is CCCCCCC1OC(CC)(CCC(=O)N(C)C)C2=C1C(Br)c1ccccc1N2. The fraction of sp³-hybridized carbons (Fsp3) is 0.625. The summed E-state index contributed by atoms with van der Waals surface area (Å²) in [5, 5.41) is 3.72. The van der Waals surface area contributed by atoms with E-state index >= 15 is 0 Å². The van der Waals surface area contributed by atoms with Crippen LogP contribution in [0.25, 0.3) is 0 Å². The lowest BCUT2D eigenvalue weighted by molar-refractivity contribution is -0.130. The summed E-state index contributed by atoms with van der Waals surface area (Å²) in [6.07, 6.45) is 8.12. The second-order valence-corrected chi connectivity index (χ2v) is 9.41. The molecular weight excluding hydrogens is 428 g/mol. The zero-order valence-electron chi connectivity index (χ0n) is 18.3. The summed E-state index contributed by atoms with van der Waals surface area (Å²) in [7, 11) is 3.64. The van der Waals surface area contributed by atoms with Gasteiger partial charge in [-0.25, -0.2) is 0 Å². The van der Waals surface area contributed by atoms with E-state index in [2.05, 4.69) is 59.4 Å². The molecule has 29 heavy (non-hydrogen) atoms. The zero-order chi connectivity index (χ0) is 21.0. The third kappa shape index (κ3) is 4.56. The molecule has 1 aromatic rings. The molecule has 2 heterocycles. The molecule has 1 amide bonds. The van der Waals surface area contributed by atoms with Crippen LogP contribution in [-0.4, -0.2) is 36.6 Å². The number of nitrogens with zero attached hydrogens (tertiary/aromatic N) is 1. The Morgan fingerprint density at radius 1 is 1.21 bits per heavy atom. The van der Waals surface area contributed by atoms with Crippen LogP contribution in [0, 0.1) is 0 Å². The van der Waals surface area contributed by atoms with Crippen LogP contribution in [0.2, 0.25) is 0 Å². The highest BCUT2D eigenvalue weighted by molar-refractivity contribution is 9.09. The number of benzene rings is 1. The van der Waals surface area contributed by atoms with Gasteiger partial charge in [0.1, 0.15) is 5.60 Å². The first kappa shape index (κ1) is 22.4. The van der Waals surface area contributed by atoms with E-state index in [1.807, 2.05) is 14.1 Å². The number of hydrogen-bond donors (Lipinski definition) is 1. The number of alkyl halides is 1. The second-order valence-electron chi connectivity index (χ2n) is 8.50. The normalized spacial score (nSPS) is 25.4. The maximum atomic E-state index is 12.3. The Hall–Kier alpha value is -1.33. The van der Waals surface area contributed by atoms with E-state index in [4.69, 9.17) is 4.74 Å². The van der Waals surface area contributed by atoms with Crippen molar-refractivity contribution in [3.63, 3.8) is 0 Å². The van der Waals surface area contributed by atoms with Crippen LogP contribution in [0.1, 0.15) is 75.6 Å². The van der Waals surface area contributed by atoms with Crippen molar-refractivity contribution in [2.45, 2.75) is 81.7 Å². The monoisotopic (exact) mass is 462 g/mol. The number of nitrogens with one attached hydrogen (secondary N) is 1. The Kier molecular flexibility index (Phi) is 7.44. The fourth-order valence-electron chi connectivity index (χ4n) is 4.55. The van der Waals surface area contributed by atoms with Crippen molar-refractivity contribution in [1.82, 2.24) is 4.90 Å². The minimum absolute atomic E-state index is 0.0986. The molecule has 5 heteroatoms. The van der Waals surface area contributed by atoms with Crippen molar-refractivity contribution in [2.24, 2.45) is 0 Å². The third-order valence-corrected chi connectivity index (χ3v) is 7.34. The van der Waals surface area contributed by atoms with Gasteiger partial charge in [-0.2, -0.15) is 0 Å². The Balaban J connectivity index is 1.90. The van der Waals surface area contributed by atoms with Crippen molar-refractivity contribution in [3.8, 4) is 0 Å². The first-order valence-electron chi connectivity index (χ1n) is 11.1. The molecule has 0 bridgehead atoms. The molecule has 3 unspecified atom stereocenters. The predicted molar refractivity (Wildman–Crippen MR) is 123 cm³/mol. The molecule has 3 atom stereocenters. The lowest BCUT2D eigenvalue weighted by atomic mass is 9.84. The summed E-state index contributed by atoms with van der Waals surface area (Å²) < 4.78 is 6.82. The van der Waals surface area contributed by atoms with E-state index < -0.39 is 5.60 Å². The van der Waals surface area contributed by atoms with Gasteiger partial charge in [0.15, 0.2) is 0 Å². The van der Waals surface area contributed by atoms with Gasteiger partial charge in [0.05, 0.1) is 16.6 Å². The molecule has 3 rings (SSSR count). The molecule has 4 nitrogen and oxygen atoms in total. The summed E-state index contributed by atoms with van der Waals surface area (Å²) in [6.45, 7) is 4.42. The van der Waals surface area contributed by atoms with Crippen LogP contribution in [0.4, 0.5) is 5.69 Å². The molecule has 0 radical (unpaired) electrons. The number of unbranched alkanes of at least 4 members (excludes halogenated alkanes) is 3. The number of halogens is 1. The number of anilines is 1. The average molecular weight is 463 g/mol. The van der Waals surface area contributed by atoms with Crippen LogP contribution in [-0.2, 0) is 9.53 Å². The second kappa shape index (κ2) is 9.65. The molecule has 0 saturated carbocycles. The summed E-state index contributed by atoms with van der Waals surface area (Å²) in [6, 6.07) is 8.47. The quantitative estimate of drug-likeness (QED) is 0.351. The minimum atomic E-state index is -0.421. The molecule has 160 valence electrons. The van der Waals surface area contributed by atoms with E-state index in [1.54, 1.807) is 4.90 Å². The number of para-hydroxylation sites is 1. The van der Waals surface area contributed by atoms with E-state index in [-0.39, 0.29) is 16.8 Å². The van der Waals surface area contributed by atoms with Crippen molar-refractivity contribution in [3.05, 3.63) is 41.1 Å². The zero-order valence-corrected chi connectivity index (χ0v) is 19.8. The summed E-state index contributed by atoms with van der Waals surface area (Å²) in [5.41, 5.74) is 4.51. The molecular formula is C24H35BrN2O2. The van der Waals surface area contributed by atoms with Crippen molar-refractivity contribution < 1.29 is 9.53 Å². The molecule has 2 aliphatic heterocycles. The van der Waals surface area contributed by atoms with Crippen LogP contribution in [0.15, 0.2) is 35.5 Å². The highest BCUT2D eigenvalue weighted by atomic mass is 79.9. The Labute approximate surface area is 184 Å². The van der Waals surface area contributed by atoms with Gasteiger partial charge in [-0.05, 0) is 36.5 Å². The Morgan fingerprint density at radius 3 is 2.66 bits per heavy atom. The van der Waals surface area contributed by atoms with E-state index in [1.165, 1.54) is 42.5 Å². The molecule has 0 saturated heterocycles. The lowest BCUT2D eigenvalue weighted by Crippen LogP contribution is -2.37. The number of carbonyl (C=O) groups excluding carboxylic acids is 1. The number of fused-ring (bicyclic) bond motifs is 1. The van der Waals surface area contributed by atoms with Gasteiger partial charge in [-0.3, -0.25) is 4.79 Å². The Bertz CT molecular complexity index is 761. The number of hydrogen-bond acceptors (Lipinski definition) is 3. The van der Waals surface area contributed by atoms with Gasteiger partial charge in [-0.15, -0.1) is 0 Å². The first-order chi connectivity index (χ1) is 13.9. The van der Waals surface area contributed by atoms with Crippen LogP contribution >= 0.6 is 15.9 Å². The van der Waals surface area contributed by atoms with Crippen LogP contribution in [0.3, 0.4) is 0 Å². The molecule has 0 aromatic heterocycles. The molecule has 0 fully saturated rings. The number of rotatable bonds is 9. The maximum absolute atomic E-state index is 12.3. The van der Waals surface area contributed by atoms with E-state index in [0.29, 0.717) is 12.8 Å². The summed E-state index contributed by atoms with van der Waals surface area (Å²) >= 11 is 3.99. The van der Waals surface area contributed by atoms with Gasteiger partial charge < -0.3 is 15.0 Å². The predicted octanol–water partition coefficient (Wildman–Crippen LogP) is 6.19. The van der Waals surface area contributed by atoms with Crippen molar-refractivity contribution >= 4 is 27.5 Å². The highest BCUT2D eigenvalue weighted by Crippen LogP contribution is 2.53. The first-order valence-corrected chi connectivity index (χ1v) is 12.0. The van der Waals surface area contributed by atoms with Gasteiger partial charge >= 0.3 is 0 Å². The van der Waals surface area contributed by atoms with Gasteiger partial charge in [-0.1, -0.05) is 73.7 Å². The van der Waals surface area contributed by atoms with Gasteiger partial charge in [0.25, 0.3) is 0 Å². The highest BCUT2D eigenvalue weighted by Gasteiger charge is 2.49. The van der Waals surface area contributed by atoms with Crippen molar-refractivity contribution in [2.75, 3.05) is 19.4 Å². The molecule has 2 aliphatic rings. The standard InChI is InChI=1S/C24H35BrN2O2/c1-5-7-8-9-14-19-21-22(25)17-12-10-11-13-18(17)26-23(21)24(6-2,29-19)16-15-20(28)27(3)4/h10-13,19,22,26H,5-9,14-16H2,1-4H3. The van der Waals surface area contributed by atoms with E-state index in [9.17, 15) is 4.79 Å². The van der Waals surface area contributed by atoms with Gasteiger partial charge in [0, 0.05) is 26.2 Å². The number of ether oxygens (including phenoxy) is 1. The average Bonchev–Trinajstić information content (AvgIpc) is 3.03. The number of amides is 1. The van der Waals surface area contributed by atoms with Crippen molar-refractivity contribution in [1.29, 1.82) is 0 Å². The smallest absolute Gasteiger partial charge is 0.222 e. The summed E-state index contributed by atoms with van der Waals surface area (Å²) in [4.78, 5) is 14.2.